The topological polar surface area (TPSA) is 121 Å². The van der Waals surface area contributed by atoms with Gasteiger partial charge in [-0.05, 0) is 19.8 Å². The Morgan fingerprint density at radius 1 is 1.25 bits per heavy atom. The van der Waals surface area contributed by atoms with E-state index >= 15 is 0 Å². The van der Waals surface area contributed by atoms with Crippen molar-refractivity contribution in [1.29, 1.82) is 0 Å². The Morgan fingerprint density at radius 3 is 2.25 bits per heavy atom. The van der Waals surface area contributed by atoms with Gasteiger partial charge in [0, 0.05) is 13.1 Å². The molecule has 1 rings (SSSR count). The van der Waals surface area contributed by atoms with Crippen molar-refractivity contribution in [3.05, 3.63) is 0 Å². The molecule has 1 heterocycles. The predicted octanol–water partition coefficient (Wildman–Crippen LogP) is 0.138. The molecule has 114 valence electrons. The Labute approximate surface area is 117 Å². The zero-order chi connectivity index (χ0) is 15.5. The van der Waals surface area contributed by atoms with E-state index in [1.807, 2.05) is 6.92 Å². The zero-order valence-corrected chi connectivity index (χ0v) is 11.8. The van der Waals surface area contributed by atoms with Crippen LogP contribution in [0.15, 0.2) is 0 Å². The third-order valence-electron chi connectivity index (χ3n) is 3.79. The van der Waals surface area contributed by atoms with Crippen LogP contribution in [0.1, 0.15) is 33.1 Å². The SMILES string of the molecule is CCCC(C)(N)C(=O)N1CCC(C(=O)O)C(C(=O)O)C1. The lowest BCUT2D eigenvalue weighted by Gasteiger charge is -2.38. The Morgan fingerprint density at radius 2 is 1.80 bits per heavy atom. The van der Waals surface area contributed by atoms with Gasteiger partial charge in [-0.3, -0.25) is 14.4 Å². The van der Waals surface area contributed by atoms with Crippen LogP contribution >= 0.6 is 0 Å². The van der Waals surface area contributed by atoms with Crippen LogP contribution in [-0.4, -0.2) is 51.6 Å². The minimum absolute atomic E-state index is 0.0956. The standard InChI is InChI=1S/C13H22N2O5/c1-3-5-13(2,14)12(20)15-6-4-8(10(16)17)9(7-15)11(18)19/h8-9H,3-7,14H2,1-2H3,(H,16,17)(H,18,19). The number of likely N-dealkylation sites (tertiary alicyclic amines) is 1. The molecule has 1 amide bonds. The van der Waals surface area contributed by atoms with Crippen molar-refractivity contribution in [2.75, 3.05) is 13.1 Å². The van der Waals surface area contributed by atoms with Crippen LogP contribution in [0, 0.1) is 11.8 Å². The Kier molecular flexibility index (Phi) is 5.10. The molecule has 3 atom stereocenters. The van der Waals surface area contributed by atoms with E-state index in [1.54, 1.807) is 6.92 Å². The fourth-order valence-corrected chi connectivity index (χ4v) is 2.67. The maximum absolute atomic E-state index is 12.3. The van der Waals surface area contributed by atoms with Gasteiger partial charge in [0.05, 0.1) is 17.4 Å². The molecule has 4 N–H and O–H groups in total. The Hall–Kier alpha value is -1.63. The predicted molar refractivity (Wildman–Crippen MR) is 70.9 cm³/mol. The fraction of sp³-hybridized carbons (Fsp3) is 0.769. The van der Waals surface area contributed by atoms with Crippen LogP contribution in [0.3, 0.4) is 0 Å². The van der Waals surface area contributed by atoms with Crippen molar-refractivity contribution >= 4 is 17.8 Å². The molecule has 0 bridgehead atoms. The monoisotopic (exact) mass is 286 g/mol. The molecule has 0 aromatic heterocycles. The largest absolute Gasteiger partial charge is 0.481 e. The normalized spacial score (nSPS) is 25.9. The van der Waals surface area contributed by atoms with E-state index in [0.717, 1.165) is 6.42 Å². The molecule has 20 heavy (non-hydrogen) atoms. The molecule has 0 saturated carbocycles. The number of nitrogens with zero attached hydrogens (tertiary/aromatic N) is 1. The molecule has 0 spiro atoms. The highest BCUT2D eigenvalue weighted by molar-refractivity contribution is 5.87. The van der Waals surface area contributed by atoms with Gasteiger partial charge < -0.3 is 20.8 Å². The number of piperidine rings is 1. The number of amides is 1. The van der Waals surface area contributed by atoms with Gasteiger partial charge in [-0.25, -0.2) is 0 Å². The van der Waals surface area contributed by atoms with Crippen LogP contribution in [0.5, 0.6) is 0 Å². The van der Waals surface area contributed by atoms with Gasteiger partial charge in [0.25, 0.3) is 0 Å². The number of carbonyl (C=O) groups is 3. The lowest BCUT2D eigenvalue weighted by molar-refractivity contribution is -0.160. The number of hydrogen-bond donors (Lipinski definition) is 3. The van der Waals surface area contributed by atoms with Crippen LogP contribution in [0.25, 0.3) is 0 Å². The summed E-state index contributed by atoms with van der Waals surface area (Å²) < 4.78 is 0. The third kappa shape index (κ3) is 3.47. The summed E-state index contributed by atoms with van der Waals surface area (Å²) in [6.07, 6.45) is 1.38. The van der Waals surface area contributed by atoms with Gasteiger partial charge >= 0.3 is 11.9 Å². The van der Waals surface area contributed by atoms with Gasteiger partial charge in [0.15, 0.2) is 0 Å². The van der Waals surface area contributed by atoms with Crippen molar-refractivity contribution in [3.63, 3.8) is 0 Å². The second-order valence-electron chi connectivity index (χ2n) is 5.60. The molecule has 3 unspecified atom stereocenters. The average Bonchev–Trinajstić information content (AvgIpc) is 2.36. The van der Waals surface area contributed by atoms with E-state index in [2.05, 4.69) is 0 Å². The van der Waals surface area contributed by atoms with Crippen molar-refractivity contribution in [2.45, 2.75) is 38.6 Å². The summed E-state index contributed by atoms with van der Waals surface area (Å²) in [5.41, 5.74) is 4.93. The highest BCUT2D eigenvalue weighted by Crippen LogP contribution is 2.26. The molecule has 1 aliphatic rings. The molecular formula is C13H22N2O5. The first kappa shape index (κ1) is 16.4. The van der Waals surface area contributed by atoms with E-state index in [1.165, 1.54) is 4.90 Å². The maximum atomic E-state index is 12.3. The zero-order valence-electron chi connectivity index (χ0n) is 11.8. The van der Waals surface area contributed by atoms with Crippen LogP contribution in [0.4, 0.5) is 0 Å². The van der Waals surface area contributed by atoms with Gasteiger partial charge in [-0.15, -0.1) is 0 Å². The van der Waals surface area contributed by atoms with E-state index < -0.39 is 29.3 Å². The summed E-state index contributed by atoms with van der Waals surface area (Å²) in [5, 5.41) is 18.2. The van der Waals surface area contributed by atoms with Gasteiger partial charge in [-0.1, -0.05) is 13.3 Å². The molecular weight excluding hydrogens is 264 g/mol. The van der Waals surface area contributed by atoms with Crippen LogP contribution < -0.4 is 5.73 Å². The smallest absolute Gasteiger partial charge is 0.309 e. The number of nitrogens with two attached hydrogens (primary N) is 1. The number of carboxylic acids is 2. The molecule has 1 saturated heterocycles. The first-order chi connectivity index (χ1) is 9.20. The quantitative estimate of drug-likeness (QED) is 0.661. The number of carboxylic acid groups (broad SMARTS) is 2. The molecule has 7 nitrogen and oxygen atoms in total. The van der Waals surface area contributed by atoms with Crippen molar-refractivity contribution in [2.24, 2.45) is 17.6 Å². The lowest BCUT2D eigenvalue weighted by Crippen LogP contribution is -2.57. The van der Waals surface area contributed by atoms with E-state index in [-0.39, 0.29) is 25.4 Å². The second kappa shape index (κ2) is 6.21. The molecule has 1 fully saturated rings. The summed E-state index contributed by atoms with van der Waals surface area (Å²) in [4.78, 5) is 35.9. The summed E-state index contributed by atoms with van der Waals surface area (Å²) in [6.45, 7) is 3.67. The van der Waals surface area contributed by atoms with Crippen LogP contribution in [0.2, 0.25) is 0 Å². The highest BCUT2D eigenvalue weighted by atomic mass is 16.4. The van der Waals surface area contributed by atoms with Crippen molar-refractivity contribution < 1.29 is 24.6 Å². The molecule has 7 heteroatoms. The second-order valence-corrected chi connectivity index (χ2v) is 5.60. The van der Waals surface area contributed by atoms with E-state index in [0.29, 0.717) is 6.42 Å². The van der Waals surface area contributed by atoms with Crippen molar-refractivity contribution in [1.82, 2.24) is 4.90 Å². The van der Waals surface area contributed by atoms with E-state index in [9.17, 15) is 14.4 Å². The average molecular weight is 286 g/mol. The Balaban J connectivity index is 2.84. The Bertz CT molecular complexity index is 408. The van der Waals surface area contributed by atoms with Crippen molar-refractivity contribution in [3.8, 4) is 0 Å². The lowest BCUT2D eigenvalue weighted by atomic mass is 9.84. The third-order valence-corrected chi connectivity index (χ3v) is 3.79. The maximum Gasteiger partial charge on any atom is 0.309 e. The molecule has 0 aliphatic carbocycles. The number of hydrogen-bond acceptors (Lipinski definition) is 4. The summed E-state index contributed by atoms with van der Waals surface area (Å²) >= 11 is 0. The summed E-state index contributed by atoms with van der Waals surface area (Å²) in [6, 6.07) is 0. The minimum atomic E-state index is -1.19. The number of rotatable bonds is 5. The highest BCUT2D eigenvalue weighted by Gasteiger charge is 2.42. The van der Waals surface area contributed by atoms with Crippen LogP contribution in [-0.2, 0) is 14.4 Å². The first-order valence-electron chi connectivity index (χ1n) is 6.74. The van der Waals surface area contributed by atoms with E-state index in [4.69, 9.17) is 15.9 Å². The fourth-order valence-electron chi connectivity index (χ4n) is 2.67. The summed E-state index contributed by atoms with van der Waals surface area (Å²) in [7, 11) is 0. The first-order valence-corrected chi connectivity index (χ1v) is 6.74. The number of aliphatic carboxylic acids is 2. The van der Waals surface area contributed by atoms with Gasteiger partial charge in [0.1, 0.15) is 0 Å². The molecule has 0 aromatic carbocycles. The molecule has 0 radical (unpaired) electrons. The van der Waals surface area contributed by atoms with Gasteiger partial charge in [-0.2, -0.15) is 0 Å². The molecule has 1 aliphatic heterocycles. The number of carbonyl (C=O) groups excluding carboxylic acids is 1. The molecule has 0 aromatic rings. The van der Waals surface area contributed by atoms with Gasteiger partial charge in [0.2, 0.25) is 5.91 Å². The minimum Gasteiger partial charge on any atom is -0.481 e. The summed E-state index contributed by atoms with van der Waals surface area (Å²) in [5.74, 6) is -4.67.